The van der Waals surface area contributed by atoms with Crippen LogP contribution in [-0.4, -0.2) is 43.0 Å². The lowest BCUT2D eigenvalue weighted by molar-refractivity contribution is -0.142. The molecule has 0 spiro atoms. The number of carbonyl (C=O) groups is 2. The molecule has 1 aromatic rings. The molecule has 2 amide bonds. The second-order valence-electron chi connectivity index (χ2n) is 4.42. The van der Waals surface area contributed by atoms with E-state index in [2.05, 4.69) is 0 Å². The first-order valence-corrected chi connectivity index (χ1v) is 6.42. The zero-order chi connectivity index (χ0) is 15.0. The van der Waals surface area contributed by atoms with Gasteiger partial charge in [0.2, 0.25) is 5.91 Å². The first kappa shape index (κ1) is 19.4. The van der Waals surface area contributed by atoms with E-state index in [-0.39, 0.29) is 37.8 Å². The van der Waals surface area contributed by atoms with E-state index in [0.717, 1.165) is 5.56 Å². The predicted molar refractivity (Wildman–Crippen MR) is 82.8 cm³/mol. The van der Waals surface area contributed by atoms with Gasteiger partial charge >= 0.3 is 0 Å². The van der Waals surface area contributed by atoms with Crippen molar-refractivity contribution < 1.29 is 14.3 Å². The average molecular weight is 316 g/mol. The number of nitrogens with two attached hydrogens (primary N) is 2. The molecule has 0 aliphatic carbocycles. The summed E-state index contributed by atoms with van der Waals surface area (Å²) >= 11 is 0. The second-order valence-corrected chi connectivity index (χ2v) is 4.42. The lowest BCUT2D eigenvalue weighted by Gasteiger charge is -2.26. The van der Waals surface area contributed by atoms with Crippen molar-refractivity contribution in [1.29, 1.82) is 0 Å². The zero-order valence-corrected chi connectivity index (χ0v) is 12.8. The minimum atomic E-state index is -0.702. The fraction of sp³-hybridized carbons (Fsp3) is 0.429. The molecule has 1 unspecified atom stereocenters. The molecule has 0 saturated heterocycles. The Balaban J connectivity index is 0.00000400. The quantitative estimate of drug-likeness (QED) is 0.720. The number of carbonyl (C=O) groups excluding carboxylic acids is 2. The van der Waals surface area contributed by atoms with E-state index < -0.39 is 12.0 Å². The summed E-state index contributed by atoms with van der Waals surface area (Å²) in [5.41, 5.74) is 11.6. The van der Waals surface area contributed by atoms with Crippen molar-refractivity contribution in [3.63, 3.8) is 0 Å². The maximum absolute atomic E-state index is 12.3. The molecule has 4 N–H and O–H groups in total. The van der Waals surface area contributed by atoms with Crippen molar-refractivity contribution in [2.45, 2.75) is 19.1 Å². The number of amides is 2. The number of benzene rings is 1. The summed E-state index contributed by atoms with van der Waals surface area (Å²) < 4.78 is 5.05. The number of ether oxygens (including phenoxy) is 1. The van der Waals surface area contributed by atoms with Gasteiger partial charge in [-0.3, -0.25) is 9.59 Å². The lowest BCUT2D eigenvalue weighted by atomic mass is 10.2. The van der Waals surface area contributed by atoms with Crippen LogP contribution in [-0.2, 0) is 20.9 Å². The normalized spacial score (nSPS) is 11.3. The van der Waals surface area contributed by atoms with E-state index in [4.69, 9.17) is 16.2 Å². The fourth-order valence-electron chi connectivity index (χ4n) is 1.82. The van der Waals surface area contributed by atoms with Gasteiger partial charge in [-0.15, -0.1) is 12.4 Å². The van der Waals surface area contributed by atoms with Crippen molar-refractivity contribution in [3.8, 4) is 0 Å². The van der Waals surface area contributed by atoms with E-state index >= 15 is 0 Å². The van der Waals surface area contributed by atoms with Crippen molar-refractivity contribution in [3.05, 3.63) is 35.9 Å². The van der Waals surface area contributed by atoms with Crippen LogP contribution in [0.2, 0.25) is 0 Å². The predicted octanol–water partition coefficient (Wildman–Crippen LogP) is 0.286. The van der Waals surface area contributed by atoms with Crippen molar-refractivity contribution in [1.82, 2.24) is 4.90 Å². The van der Waals surface area contributed by atoms with Crippen LogP contribution in [0.5, 0.6) is 0 Å². The van der Waals surface area contributed by atoms with Crippen LogP contribution in [0.25, 0.3) is 0 Å². The third-order valence-corrected chi connectivity index (χ3v) is 2.93. The highest BCUT2D eigenvalue weighted by Crippen LogP contribution is 2.08. The Morgan fingerprint density at radius 2 is 1.90 bits per heavy atom. The van der Waals surface area contributed by atoms with Gasteiger partial charge < -0.3 is 21.1 Å². The maximum atomic E-state index is 12.3. The SMILES string of the molecule is COC(CN)C(=O)N(CCC(N)=O)Cc1ccccc1.Cl. The Kier molecular flexibility index (Phi) is 9.36. The van der Waals surface area contributed by atoms with E-state index in [1.54, 1.807) is 4.90 Å². The van der Waals surface area contributed by atoms with E-state index in [1.165, 1.54) is 7.11 Å². The van der Waals surface area contributed by atoms with Crippen molar-refractivity contribution >= 4 is 24.2 Å². The highest BCUT2D eigenvalue weighted by atomic mass is 35.5. The zero-order valence-electron chi connectivity index (χ0n) is 12.0. The smallest absolute Gasteiger partial charge is 0.253 e. The van der Waals surface area contributed by atoms with Gasteiger partial charge in [0.15, 0.2) is 0 Å². The van der Waals surface area contributed by atoms with Gasteiger partial charge in [-0.25, -0.2) is 0 Å². The largest absolute Gasteiger partial charge is 0.370 e. The van der Waals surface area contributed by atoms with Gasteiger partial charge in [-0.2, -0.15) is 0 Å². The Hall–Kier alpha value is -1.63. The highest BCUT2D eigenvalue weighted by Gasteiger charge is 2.23. The van der Waals surface area contributed by atoms with E-state index in [0.29, 0.717) is 6.54 Å². The summed E-state index contributed by atoms with van der Waals surface area (Å²) in [6.07, 6.45) is -0.592. The minimum absolute atomic E-state index is 0. The number of halogens is 1. The van der Waals surface area contributed by atoms with Crippen LogP contribution in [0.15, 0.2) is 30.3 Å². The molecule has 0 aliphatic rings. The number of nitrogens with zero attached hydrogens (tertiary/aromatic N) is 1. The number of primary amides is 1. The molecule has 0 heterocycles. The molecule has 0 aromatic heterocycles. The molecule has 1 rings (SSSR count). The van der Waals surface area contributed by atoms with E-state index in [1.807, 2.05) is 30.3 Å². The standard InChI is InChI=1S/C14H21N3O3.ClH/c1-20-12(9-15)14(19)17(8-7-13(16)18)10-11-5-3-2-4-6-11;/h2-6,12H,7-10,15H2,1H3,(H2,16,18);1H. The number of methoxy groups -OCH3 is 1. The topological polar surface area (TPSA) is 98.7 Å². The number of hydrogen-bond donors (Lipinski definition) is 2. The van der Waals surface area contributed by atoms with Crippen LogP contribution in [0, 0.1) is 0 Å². The molecule has 6 nitrogen and oxygen atoms in total. The summed E-state index contributed by atoms with van der Waals surface area (Å²) in [5.74, 6) is -0.683. The Labute approximate surface area is 130 Å². The third kappa shape index (κ3) is 6.57. The first-order valence-electron chi connectivity index (χ1n) is 6.42. The van der Waals surface area contributed by atoms with Gasteiger partial charge in [0.1, 0.15) is 6.10 Å². The number of rotatable bonds is 8. The minimum Gasteiger partial charge on any atom is -0.370 e. The van der Waals surface area contributed by atoms with Crippen LogP contribution in [0.1, 0.15) is 12.0 Å². The molecular formula is C14H22ClN3O3. The molecule has 1 atom stereocenters. The highest BCUT2D eigenvalue weighted by molar-refractivity contribution is 5.85. The summed E-state index contributed by atoms with van der Waals surface area (Å²) in [6.45, 7) is 0.743. The maximum Gasteiger partial charge on any atom is 0.253 e. The van der Waals surface area contributed by atoms with Gasteiger partial charge in [-0.05, 0) is 5.56 Å². The summed E-state index contributed by atoms with van der Waals surface area (Å²) in [5, 5.41) is 0. The van der Waals surface area contributed by atoms with Crippen molar-refractivity contribution in [2.24, 2.45) is 11.5 Å². The van der Waals surface area contributed by atoms with Crippen LogP contribution >= 0.6 is 12.4 Å². The van der Waals surface area contributed by atoms with Gasteiger partial charge in [0, 0.05) is 33.2 Å². The molecule has 0 fully saturated rings. The van der Waals surface area contributed by atoms with Crippen LogP contribution in [0.4, 0.5) is 0 Å². The first-order chi connectivity index (χ1) is 9.58. The third-order valence-electron chi connectivity index (χ3n) is 2.93. The van der Waals surface area contributed by atoms with Gasteiger partial charge in [0.05, 0.1) is 0 Å². The molecule has 0 aliphatic heterocycles. The Morgan fingerprint density at radius 3 is 2.38 bits per heavy atom. The molecule has 0 bridgehead atoms. The fourth-order valence-corrected chi connectivity index (χ4v) is 1.82. The lowest BCUT2D eigenvalue weighted by Crippen LogP contribution is -2.44. The molecular weight excluding hydrogens is 294 g/mol. The van der Waals surface area contributed by atoms with Crippen LogP contribution in [0.3, 0.4) is 0 Å². The number of hydrogen-bond acceptors (Lipinski definition) is 4. The summed E-state index contributed by atoms with van der Waals surface area (Å²) in [4.78, 5) is 24.8. The van der Waals surface area contributed by atoms with Gasteiger partial charge in [0.25, 0.3) is 5.91 Å². The Morgan fingerprint density at radius 1 is 1.29 bits per heavy atom. The average Bonchev–Trinajstić information content (AvgIpc) is 2.45. The van der Waals surface area contributed by atoms with Crippen LogP contribution < -0.4 is 11.5 Å². The molecule has 21 heavy (non-hydrogen) atoms. The van der Waals surface area contributed by atoms with Crippen molar-refractivity contribution in [2.75, 3.05) is 20.2 Å². The molecule has 118 valence electrons. The molecule has 7 heteroatoms. The van der Waals surface area contributed by atoms with Gasteiger partial charge in [-0.1, -0.05) is 30.3 Å². The second kappa shape index (κ2) is 10.1. The molecule has 0 radical (unpaired) electrons. The Bertz CT molecular complexity index is 438. The summed E-state index contributed by atoms with van der Waals surface area (Å²) in [7, 11) is 1.43. The monoisotopic (exact) mass is 315 g/mol. The molecule has 0 saturated carbocycles. The molecule has 1 aromatic carbocycles. The van der Waals surface area contributed by atoms with E-state index in [9.17, 15) is 9.59 Å². The summed E-state index contributed by atoms with van der Waals surface area (Å²) in [6, 6.07) is 9.51.